The minimum atomic E-state index is -4.68. The molecule has 0 aliphatic carbocycles. The van der Waals surface area contributed by atoms with E-state index in [0.29, 0.717) is 0 Å². The van der Waals surface area contributed by atoms with Crippen LogP contribution in [0.15, 0.2) is 24.7 Å². The molecule has 2 aliphatic heterocycles. The number of halogens is 1. The summed E-state index contributed by atoms with van der Waals surface area (Å²) in [6.07, 6.45) is -1.12. The van der Waals surface area contributed by atoms with Gasteiger partial charge in [-0.1, -0.05) is 6.58 Å². The molecule has 2 aliphatic rings. The van der Waals surface area contributed by atoms with Crippen molar-refractivity contribution >= 4 is 25.7 Å². The Labute approximate surface area is 193 Å². The molecule has 1 saturated heterocycles. The fraction of sp³-hybridized carbons (Fsp3) is 0.611. The third-order valence-corrected chi connectivity index (χ3v) is 6.04. The lowest BCUT2D eigenvalue weighted by Gasteiger charge is -2.37. The highest BCUT2D eigenvalue weighted by atomic mass is 31.2. The molecule has 0 aromatic heterocycles. The van der Waals surface area contributed by atoms with Gasteiger partial charge in [-0.15, -0.1) is 0 Å². The molecule has 0 unspecified atom stereocenters. The van der Waals surface area contributed by atoms with Crippen molar-refractivity contribution in [2.45, 2.75) is 44.3 Å². The average molecular weight is 512 g/mol. The molecule has 14 nitrogen and oxygen atoms in total. The highest BCUT2D eigenvalue weighted by Crippen LogP contribution is 2.52. The largest absolute Gasteiger partial charge is 0.480 e. The quantitative estimate of drug-likeness (QED) is 0.188. The zero-order chi connectivity index (χ0) is 25.7. The maximum absolute atomic E-state index is 14.2. The number of carbonyl (C=O) groups is 3. The Balaban J connectivity index is 2.22. The third kappa shape index (κ3) is 6.39. The number of alkyl halides is 1. The highest BCUT2D eigenvalue weighted by Gasteiger charge is 2.63. The molecule has 0 saturated carbocycles. The Kier molecular flexibility index (Phi) is 8.93. The molecule has 0 radical (unpaired) electrons. The molecule has 16 heteroatoms. The Morgan fingerprint density at radius 2 is 1.82 bits per heavy atom. The van der Waals surface area contributed by atoms with E-state index in [2.05, 4.69) is 21.4 Å². The maximum Gasteiger partial charge on any atom is 0.480 e. The minimum absolute atomic E-state index is 0.0272. The minimum Gasteiger partial charge on any atom is -0.438 e. The number of rotatable bonds is 11. The van der Waals surface area contributed by atoms with E-state index < -0.39 is 76.1 Å². The van der Waals surface area contributed by atoms with Crippen LogP contribution in [0.2, 0.25) is 0 Å². The monoisotopic (exact) mass is 512 g/mol. The summed E-state index contributed by atoms with van der Waals surface area (Å²) in [5.41, 5.74) is -4.44. The first-order chi connectivity index (χ1) is 15.8. The molecule has 0 aromatic carbocycles. The molecule has 1 fully saturated rings. The van der Waals surface area contributed by atoms with Crippen molar-refractivity contribution in [3.05, 3.63) is 24.7 Å². The molecule has 0 bridgehead atoms. The van der Waals surface area contributed by atoms with Gasteiger partial charge < -0.3 is 34.6 Å². The fourth-order valence-corrected chi connectivity index (χ4v) is 3.99. The summed E-state index contributed by atoms with van der Waals surface area (Å²) < 4.78 is 56.4. The second-order valence-corrected chi connectivity index (χ2v) is 9.11. The van der Waals surface area contributed by atoms with Gasteiger partial charge >= 0.3 is 19.8 Å². The van der Waals surface area contributed by atoms with Gasteiger partial charge in [0.25, 0.3) is 5.91 Å². The number of esters is 2. The molecule has 34 heavy (non-hydrogen) atoms. The molecule has 1 amide bonds. The molecule has 2 rings (SSSR count). The number of carbonyl (C=O) groups excluding carboxylic acids is 3. The number of phosphoric ester groups is 1. The summed E-state index contributed by atoms with van der Waals surface area (Å²) in [5, 5.41) is 24.0. The van der Waals surface area contributed by atoms with Crippen LogP contribution in [0.1, 0.15) is 20.8 Å². The lowest BCUT2D eigenvalue weighted by Crippen LogP contribution is -2.55. The number of phosphoric acid groups is 1. The number of aliphatic hydroxyl groups is 2. The second-order valence-electron chi connectivity index (χ2n) is 7.44. The standard InChI is InChI=1S/C18H26FN2O12P/c1-11-20-14(24)5-6-21(11)16-17(4,26)15(25)18(7-19,33-16)8-30-34(27,31-9-28-12(2)22)32-10-29-13(3)23/h5-6,15-16,25-26H,1,7-10H2,2-4H3,(H,20,24)/t15-,16+,17+,18+/m0/s1. The van der Waals surface area contributed by atoms with Crippen molar-refractivity contribution in [2.24, 2.45) is 0 Å². The molecule has 0 aromatic rings. The van der Waals surface area contributed by atoms with Crippen LogP contribution in [0, 0.1) is 0 Å². The molecule has 4 atom stereocenters. The lowest BCUT2D eigenvalue weighted by atomic mass is 9.88. The van der Waals surface area contributed by atoms with Crippen molar-refractivity contribution in [3.63, 3.8) is 0 Å². The number of hydrogen-bond donors (Lipinski definition) is 3. The van der Waals surface area contributed by atoms with Gasteiger partial charge in [-0.3, -0.25) is 18.9 Å². The summed E-state index contributed by atoms with van der Waals surface area (Å²) in [6, 6.07) is 0. The van der Waals surface area contributed by atoms with Crippen LogP contribution >= 0.6 is 7.82 Å². The summed E-state index contributed by atoms with van der Waals surface area (Å²) in [5.74, 6) is -2.11. The number of amides is 1. The molecule has 192 valence electrons. The van der Waals surface area contributed by atoms with Crippen LogP contribution in [-0.2, 0) is 46.7 Å². The van der Waals surface area contributed by atoms with Gasteiger partial charge in [0, 0.05) is 26.1 Å². The van der Waals surface area contributed by atoms with E-state index in [9.17, 15) is 33.6 Å². The fourth-order valence-electron chi connectivity index (χ4n) is 3.02. The summed E-state index contributed by atoms with van der Waals surface area (Å²) in [7, 11) is -4.68. The predicted molar refractivity (Wildman–Crippen MR) is 107 cm³/mol. The Bertz CT molecular complexity index is 872. The van der Waals surface area contributed by atoms with E-state index in [4.69, 9.17) is 18.3 Å². The smallest absolute Gasteiger partial charge is 0.438 e. The van der Waals surface area contributed by atoms with Crippen molar-refractivity contribution in [3.8, 4) is 0 Å². The van der Waals surface area contributed by atoms with E-state index in [0.717, 1.165) is 31.7 Å². The van der Waals surface area contributed by atoms with Gasteiger partial charge in [-0.25, -0.2) is 18.0 Å². The van der Waals surface area contributed by atoms with Gasteiger partial charge in [0.1, 0.15) is 24.2 Å². The third-order valence-electron chi connectivity index (χ3n) is 4.76. The molecule has 3 N–H and O–H groups in total. The normalized spacial score (nSPS) is 29.2. The van der Waals surface area contributed by atoms with E-state index >= 15 is 0 Å². The summed E-state index contributed by atoms with van der Waals surface area (Å²) in [6.45, 7) is 2.63. The first-order valence-electron chi connectivity index (χ1n) is 9.67. The second kappa shape index (κ2) is 10.9. The maximum atomic E-state index is 14.2. The van der Waals surface area contributed by atoms with Crippen LogP contribution in [0.4, 0.5) is 4.39 Å². The van der Waals surface area contributed by atoms with Gasteiger partial charge in [0.2, 0.25) is 13.6 Å². The number of nitrogens with one attached hydrogen (secondary N) is 1. The Morgan fingerprint density at radius 1 is 1.26 bits per heavy atom. The molecule has 2 heterocycles. The van der Waals surface area contributed by atoms with Gasteiger partial charge in [0.05, 0.1) is 6.61 Å². The first kappa shape index (κ1) is 27.9. The van der Waals surface area contributed by atoms with E-state index in [1.54, 1.807) is 0 Å². The van der Waals surface area contributed by atoms with Crippen molar-refractivity contribution in [1.29, 1.82) is 0 Å². The lowest BCUT2D eigenvalue weighted by molar-refractivity contribution is -0.157. The van der Waals surface area contributed by atoms with Gasteiger partial charge in [-0.05, 0) is 6.92 Å². The molecule has 0 spiro atoms. The van der Waals surface area contributed by atoms with E-state index in [-0.39, 0.29) is 5.82 Å². The van der Waals surface area contributed by atoms with E-state index in [1.165, 1.54) is 6.20 Å². The number of nitrogens with zero attached hydrogens (tertiary/aromatic N) is 1. The van der Waals surface area contributed by atoms with Crippen molar-refractivity contribution in [1.82, 2.24) is 10.2 Å². The summed E-state index contributed by atoms with van der Waals surface area (Å²) in [4.78, 5) is 34.5. The van der Waals surface area contributed by atoms with Crippen LogP contribution in [0.25, 0.3) is 0 Å². The first-order valence-corrected chi connectivity index (χ1v) is 11.1. The average Bonchev–Trinajstić information content (AvgIpc) is 2.93. The van der Waals surface area contributed by atoms with Gasteiger partial charge in [0.15, 0.2) is 11.8 Å². The number of hydrogen-bond acceptors (Lipinski definition) is 13. The van der Waals surface area contributed by atoms with Crippen LogP contribution in [0.5, 0.6) is 0 Å². The molecular weight excluding hydrogens is 486 g/mol. The van der Waals surface area contributed by atoms with Crippen LogP contribution < -0.4 is 5.32 Å². The predicted octanol–water partition coefficient (Wildman–Crippen LogP) is -0.221. The van der Waals surface area contributed by atoms with Gasteiger partial charge in [-0.2, -0.15) is 0 Å². The molecular formula is C18H26FN2O12P. The Morgan fingerprint density at radius 3 is 2.29 bits per heavy atom. The zero-order valence-corrected chi connectivity index (χ0v) is 19.5. The van der Waals surface area contributed by atoms with Crippen molar-refractivity contribution in [2.75, 3.05) is 26.9 Å². The number of ether oxygens (including phenoxy) is 3. The zero-order valence-electron chi connectivity index (χ0n) is 18.6. The SMILES string of the molecule is C=C1NC(=O)C=CN1[C@@H]1O[C@](CF)(COP(=O)(OCOC(C)=O)OCOC(C)=O)[C@@H](O)[C@@]1(C)O. The number of aliphatic hydroxyl groups excluding tert-OH is 1. The highest BCUT2D eigenvalue weighted by molar-refractivity contribution is 7.48. The summed E-state index contributed by atoms with van der Waals surface area (Å²) >= 11 is 0. The van der Waals surface area contributed by atoms with Crippen LogP contribution in [-0.4, -0.2) is 83.4 Å². The topological polar surface area (TPSA) is 179 Å². The van der Waals surface area contributed by atoms with E-state index in [1.807, 2.05) is 0 Å². The van der Waals surface area contributed by atoms with Crippen LogP contribution in [0.3, 0.4) is 0 Å². The Hall–Kier alpha value is -2.39. The van der Waals surface area contributed by atoms with Crippen molar-refractivity contribution < 1.29 is 61.3 Å².